The lowest BCUT2D eigenvalue weighted by molar-refractivity contribution is -0.119. The Labute approximate surface area is 174 Å². The summed E-state index contributed by atoms with van der Waals surface area (Å²) in [7, 11) is 0. The van der Waals surface area contributed by atoms with Crippen molar-refractivity contribution in [2.75, 3.05) is 5.75 Å². The van der Waals surface area contributed by atoms with E-state index in [2.05, 4.69) is 34.3 Å². The summed E-state index contributed by atoms with van der Waals surface area (Å²) in [5, 5.41) is 3.75. The Bertz CT molecular complexity index is 1100. The Morgan fingerprint density at radius 2 is 2.21 bits per heavy atom. The van der Waals surface area contributed by atoms with E-state index in [4.69, 9.17) is 0 Å². The first-order valence-electron chi connectivity index (χ1n) is 10.2. The van der Waals surface area contributed by atoms with Gasteiger partial charge in [-0.2, -0.15) is 0 Å². The van der Waals surface area contributed by atoms with Gasteiger partial charge in [-0.05, 0) is 43.4 Å². The van der Waals surface area contributed by atoms with Crippen molar-refractivity contribution in [2.45, 2.75) is 57.3 Å². The third-order valence-corrected chi connectivity index (χ3v) is 6.35. The van der Waals surface area contributed by atoms with E-state index >= 15 is 0 Å². The summed E-state index contributed by atoms with van der Waals surface area (Å²) in [5.41, 5.74) is 4.57. The molecule has 152 valence electrons. The van der Waals surface area contributed by atoms with E-state index in [1.165, 1.54) is 22.9 Å². The van der Waals surface area contributed by atoms with Gasteiger partial charge in [0, 0.05) is 12.2 Å². The third-order valence-electron chi connectivity index (χ3n) is 5.37. The van der Waals surface area contributed by atoms with Gasteiger partial charge in [-0.15, -0.1) is 0 Å². The zero-order valence-electron chi connectivity index (χ0n) is 16.8. The smallest absolute Gasteiger partial charge is 0.278 e. The molecule has 0 radical (unpaired) electrons. The molecule has 0 bridgehead atoms. The molecule has 4 rings (SSSR count). The Hall–Kier alpha value is -2.54. The highest BCUT2D eigenvalue weighted by Gasteiger charge is 2.23. The van der Waals surface area contributed by atoms with Crippen molar-refractivity contribution in [3.05, 3.63) is 57.5 Å². The van der Waals surface area contributed by atoms with Crippen molar-refractivity contribution in [2.24, 2.45) is 0 Å². The first-order valence-corrected chi connectivity index (χ1v) is 11.2. The Morgan fingerprint density at radius 3 is 3.03 bits per heavy atom. The number of carbonyl (C=O) groups is 1. The third kappa shape index (κ3) is 4.10. The number of aromatic amines is 1. The standard InChI is InChI=1S/C22H26N4O2S/c1-3-4-11-26-21(28)20-18(12-14(2)23-20)25-22(26)29-13-19(27)24-17-10-9-15-7-5-6-8-16(15)17/h5-8,12,17,23H,3-4,9-11,13H2,1-2H3,(H,24,27)/t17-/m0/s1. The predicted molar refractivity (Wildman–Crippen MR) is 116 cm³/mol. The van der Waals surface area contributed by atoms with Gasteiger partial charge in [0.15, 0.2) is 5.16 Å². The maximum absolute atomic E-state index is 12.9. The lowest BCUT2D eigenvalue weighted by atomic mass is 10.1. The first-order chi connectivity index (χ1) is 14.1. The van der Waals surface area contributed by atoms with E-state index in [0.717, 1.165) is 31.4 Å². The number of benzene rings is 1. The fourth-order valence-corrected chi connectivity index (χ4v) is 4.74. The molecule has 2 heterocycles. The minimum atomic E-state index is -0.0656. The molecule has 0 unspecified atom stereocenters. The molecular weight excluding hydrogens is 384 g/mol. The van der Waals surface area contributed by atoms with Crippen LogP contribution in [0.4, 0.5) is 0 Å². The topological polar surface area (TPSA) is 79.8 Å². The second-order valence-electron chi connectivity index (χ2n) is 7.56. The maximum atomic E-state index is 12.9. The molecule has 2 aromatic heterocycles. The first kappa shape index (κ1) is 19.8. The predicted octanol–water partition coefficient (Wildman–Crippen LogP) is 3.73. The molecule has 1 amide bonds. The minimum Gasteiger partial charge on any atom is -0.353 e. The zero-order chi connectivity index (χ0) is 20.4. The fourth-order valence-electron chi connectivity index (χ4n) is 3.91. The number of hydrogen-bond donors (Lipinski definition) is 2. The van der Waals surface area contributed by atoms with Crippen molar-refractivity contribution in [1.29, 1.82) is 0 Å². The molecule has 29 heavy (non-hydrogen) atoms. The molecule has 1 aromatic carbocycles. The number of nitrogens with one attached hydrogen (secondary N) is 2. The molecule has 3 aromatic rings. The average molecular weight is 411 g/mol. The number of rotatable bonds is 7. The molecule has 7 heteroatoms. The molecule has 6 nitrogen and oxygen atoms in total. The van der Waals surface area contributed by atoms with Crippen LogP contribution < -0.4 is 10.9 Å². The molecule has 0 saturated heterocycles. The summed E-state index contributed by atoms with van der Waals surface area (Å²) in [6.07, 6.45) is 3.81. The van der Waals surface area contributed by atoms with Crippen molar-refractivity contribution in [3.8, 4) is 0 Å². The summed E-state index contributed by atoms with van der Waals surface area (Å²) in [6, 6.07) is 10.2. The van der Waals surface area contributed by atoms with E-state index in [9.17, 15) is 9.59 Å². The lowest BCUT2D eigenvalue weighted by Gasteiger charge is -2.15. The van der Waals surface area contributed by atoms with Gasteiger partial charge in [0.2, 0.25) is 5.91 Å². The molecule has 0 aliphatic heterocycles. The van der Waals surface area contributed by atoms with Crippen LogP contribution in [0.15, 0.2) is 40.3 Å². The molecular formula is C22H26N4O2S. The van der Waals surface area contributed by atoms with Gasteiger partial charge >= 0.3 is 0 Å². The fraction of sp³-hybridized carbons (Fsp3) is 0.409. The van der Waals surface area contributed by atoms with E-state index in [0.29, 0.717) is 22.7 Å². The number of thioether (sulfide) groups is 1. The van der Waals surface area contributed by atoms with Crippen LogP contribution in [0.2, 0.25) is 0 Å². The Kier molecular flexibility index (Phi) is 5.76. The lowest BCUT2D eigenvalue weighted by Crippen LogP contribution is -2.29. The highest BCUT2D eigenvalue weighted by Crippen LogP contribution is 2.30. The number of hydrogen-bond acceptors (Lipinski definition) is 4. The van der Waals surface area contributed by atoms with Gasteiger partial charge in [0.05, 0.1) is 17.3 Å². The molecule has 0 spiro atoms. The van der Waals surface area contributed by atoms with Crippen molar-refractivity contribution < 1.29 is 4.79 Å². The van der Waals surface area contributed by atoms with Crippen molar-refractivity contribution in [1.82, 2.24) is 19.9 Å². The van der Waals surface area contributed by atoms with Crippen LogP contribution in [-0.2, 0) is 17.8 Å². The number of fused-ring (bicyclic) bond motifs is 2. The van der Waals surface area contributed by atoms with Crippen LogP contribution in [0.5, 0.6) is 0 Å². The molecule has 0 fully saturated rings. The summed E-state index contributed by atoms with van der Waals surface area (Å²) in [4.78, 5) is 33.3. The van der Waals surface area contributed by atoms with Gasteiger partial charge in [-0.25, -0.2) is 4.98 Å². The summed E-state index contributed by atoms with van der Waals surface area (Å²) >= 11 is 1.33. The normalized spacial score (nSPS) is 15.6. The van der Waals surface area contributed by atoms with Crippen LogP contribution in [0.3, 0.4) is 0 Å². The van der Waals surface area contributed by atoms with Gasteiger partial charge < -0.3 is 10.3 Å². The van der Waals surface area contributed by atoms with E-state index in [-0.39, 0.29) is 23.3 Å². The monoisotopic (exact) mass is 410 g/mol. The van der Waals surface area contributed by atoms with Crippen molar-refractivity contribution in [3.63, 3.8) is 0 Å². The molecule has 0 saturated carbocycles. The quantitative estimate of drug-likeness (QED) is 0.459. The largest absolute Gasteiger partial charge is 0.353 e. The summed E-state index contributed by atoms with van der Waals surface area (Å²) < 4.78 is 1.70. The van der Waals surface area contributed by atoms with Crippen LogP contribution in [0, 0.1) is 6.92 Å². The van der Waals surface area contributed by atoms with E-state index in [1.54, 1.807) is 4.57 Å². The average Bonchev–Trinajstić information content (AvgIpc) is 3.29. The van der Waals surface area contributed by atoms with Crippen LogP contribution in [0.25, 0.3) is 11.0 Å². The zero-order valence-corrected chi connectivity index (χ0v) is 17.6. The second-order valence-corrected chi connectivity index (χ2v) is 8.51. The van der Waals surface area contributed by atoms with Crippen LogP contribution >= 0.6 is 11.8 Å². The summed E-state index contributed by atoms with van der Waals surface area (Å²) in [5.74, 6) is 0.213. The van der Waals surface area contributed by atoms with Crippen LogP contribution in [0.1, 0.15) is 49.0 Å². The summed E-state index contributed by atoms with van der Waals surface area (Å²) in [6.45, 7) is 4.61. The van der Waals surface area contributed by atoms with Crippen molar-refractivity contribution >= 4 is 28.7 Å². The number of amides is 1. The highest BCUT2D eigenvalue weighted by molar-refractivity contribution is 7.99. The Balaban J connectivity index is 1.50. The number of unbranched alkanes of at least 4 members (excludes halogenated alkanes) is 1. The van der Waals surface area contributed by atoms with E-state index in [1.807, 2.05) is 25.1 Å². The highest BCUT2D eigenvalue weighted by atomic mass is 32.2. The molecule has 1 aliphatic carbocycles. The van der Waals surface area contributed by atoms with Gasteiger partial charge in [0.25, 0.3) is 5.56 Å². The van der Waals surface area contributed by atoms with E-state index < -0.39 is 0 Å². The number of aryl methyl sites for hydroxylation is 2. The molecule has 1 aliphatic rings. The molecule has 2 N–H and O–H groups in total. The molecule has 1 atom stereocenters. The second kappa shape index (κ2) is 8.45. The maximum Gasteiger partial charge on any atom is 0.278 e. The number of H-pyrrole nitrogens is 1. The number of aromatic nitrogens is 3. The van der Waals surface area contributed by atoms with Gasteiger partial charge in [0.1, 0.15) is 5.52 Å². The minimum absolute atomic E-state index is 0.0293. The Morgan fingerprint density at radius 1 is 1.38 bits per heavy atom. The number of nitrogens with zero attached hydrogens (tertiary/aromatic N) is 2. The number of carbonyl (C=O) groups excluding carboxylic acids is 1. The van der Waals surface area contributed by atoms with Gasteiger partial charge in [-0.1, -0.05) is 49.4 Å². The SMILES string of the molecule is CCCCn1c(SCC(=O)N[C@H]2CCc3ccccc32)nc2cc(C)[nH]c2c1=O. The van der Waals surface area contributed by atoms with Gasteiger partial charge in [-0.3, -0.25) is 14.2 Å². The van der Waals surface area contributed by atoms with Crippen LogP contribution in [-0.4, -0.2) is 26.2 Å².